The first-order valence-corrected chi connectivity index (χ1v) is 12.3. The molecule has 37 heavy (non-hydrogen) atoms. The third-order valence-corrected chi connectivity index (χ3v) is 6.33. The molecule has 0 spiro atoms. The zero-order chi connectivity index (χ0) is 26.4. The Hall–Kier alpha value is -3.89. The number of carbonyl (C=O) groups is 2. The standard InChI is InChI=1S/C27H33N5O5/c1-17(9-12-33)30-19-14-21-24(31-23(34)10-13-36-2)25(27(35)37-3)32(26(21)29-16-19)11-8-18-15-28-22-7-5-4-6-20(18)22/h4-7,14-17,28,30,33H,8-13H2,1-3H3,(H,31,34). The summed E-state index contributed by atoms with van der Waals surface area (Å²) in [6.45, 7) is 2.71. The Balaban J connectivity index is 1.78. The normalized spacial score (nSPS) is 12.1. The zero-order valence-electron chi connectivity index (χ0n) is 21.3. The Kier molecular flexibility index (Phi) is 8.42. The second-order valence-electron chi connectivity index (χ2n) is 8.92. The minimum atomic E-state index is -0.567. The van der Waals surface area contributed by atoms with Crippen LogP contribution in [0.15, 0.2) is 42.7 Å². The molecule has 4 N–H and O–H groups in total. The van der Waals surface area contributed by atoms with Crippen LogP contribution >= 0.6 is 0 Å². The number of anilines is 2. The van der Waals surface area contributed by atoms with Gasteiger partial charge in [-0.3, -0.25) is 4.79 Å². The summed E-state index contributed by atoms with van der Waals surface area (Å²) in [5, 5.41) is 17.2. The maximum Gasteiger partial charge on any atom is 0.356 e. The number of para-hydroxylation sites is 1. The zero-order valence-corrected chi connectivity index (χ0v) is 21.3. The van der Waals surface area contributed by atoms with Crippen LogP contribution in [0.2, 0.25) is 0 Å². The van der Waals surface area contributed by atoms with Crippen LogP contribution in [0.4, 0.5) is 11.4 Å². The highest BCUT2D eigenvalue weighted by molar-refractivity contribution is 6.11. The van der Waals surface area contributed by atoms with Gasteiger partial charge in [-0.05, 0) is 37.5 Å². The molecule has 1 amide bonds. The number of methoxy groups -OCH3 is 2. The largest absolute Gasteiger partial charge is 0.464 e. The van der Waals surface area contributed by atoms with E-state index >= 15 is 0 Å². The van der Waals surface area contributed by atoms with E-state index in [2.05, 4.69) is 26.7 Å². The number of aliphatic hydroxyl groups excluding tert-OH is 1. The molecule has 196 valence electrons. The molecular weight excluding hydrogens is 474 g/mol. The van der Waals surface area contributed by atoms with Gasteiger partial charge in [0, 0.05) is 48.8 Å². The maximum absolute atomic E-state index is 13.0. The van der Waals surface area contributed by atoms with Crippen LogP contribution in [0.5, 0.6) is 0 Å². The van der Waals surface area contributed by atoms with Crippen molar-refractivity contribution in [1.29, 1.82) is 0 Å². The lowest BCUT2D eigenvalue weighted by atomic mass is 10.1. The summed E-state index contributed by atoms with van der Waals surface area (Å²) in [4.78, 5) is 33.7. The highest BCUT2D eigenvalue weighted by Crippen LogP contribution is 2.33. The molecule has 10 heteroatoms. The van der Waals surface area contributed by atoms with Crippen LogP contribution in [-0.4, -0.2) is 65.0 Å². The van der Waals surface area contributed by atoms with E-state index in [4.69, 9.17) is 9.47 Å². The first kappa shape index (κ1) is 26.2. The molecule has 0 aliphatic rings. The van der Waals surface area contributed by atoms with Crippen LogP contribution in [0.1, 0.15) is 35.8 Å². The van der Waals surface area contributed by atoms with Crippen LogP contribution < -0.4 is 10.6 Å². The molecule has 0 saturated heterocycles. The van der Waals surface area contributed by atoms with E-state index in [0.29, 0.717) is 41.8 Å². The number of H-pyrrole nitrogens is 1. The number of carbonyl (C=O) groups excluding carboxylic acids is 2. The molecule has 3 aromatic heterocycles. The van der Waals surface area contributed by atoms with Crippen molar-refractivity contribution in [2.75, 3.05) is 38.1 Å². The Bertz CT molecular complexity index is 1390. The number of nitrogens with zero attached hydrogens (tertiary/aromatic N) is 2. The lowest BCUT2D eigenvalue weighted by molar-refractivity contribution is -0.117. The second kappa shape index (κ2) is 11.9. The monoisotopic (exact) mass is 507 g/mol. The summed E-state index contributed by atoms with van der Waals surface area (Å²) in [7, 11) is 2.84. The van der Waals surface area contributed by atoms with E-state index in [-0.39, 0.29) is 37.3 Å². The summed E-state index contributed by atoms with van der Waals surface area (Å²) >= 11 is 0. The van der Waals surface area contributed by atoms with Gasteiger partial charge in [0.25, 0.3) is 0 Å². The van der Waals surface area contributed by atoms with E-state index < -0.39 is 5.97 Å². The van der Waals surface area contributed by atoms with E-state index in [0.717, 1.165) is 16.5 Å². The predicted molar refractivity (Wildman–Crippen MR) is 143 cm³/mol. The topological polar surface area (TPSA) is 130 Å². The van der Waals surface area contributed by atoms with Crippen LogP contribution in [0, 0.1) is 0 Å². The number of amides is 1. The smallest absolute Gasteiger partial charge is 0.356 e. The number of rotatable bonds is 12. The number of aliphatic hydroxyl groups is 1. The van der Waals surface area contributed by atoms with Crippen molar-refractivity contribution in [3.8, 4) is 0 Å². The average molecular weight is 508 g/mol. The minimum absolute atomic E-state index is 0.00743. The number of hydrogen-bond donors (Lipinski definition) is 4. The highest BCUT2D eigenvalue weighted by Gasteiger charge is 2.26. The SMILES string of the molecule is COCCC(=O)Nc1c(C(=O)OC)n(CCc2c[nH]c3ccccc23)c2ncc(NC(C)CCO)cc12. The summed E-state index contributed by atoms with van der Waals surface area (Å²) in [5.74, 6) is -0.850. The Morgan fingerprint density at radius 2 is 2.03 bits per heavy atom. The average Bonchev–Trinajstić information content (AvgIpc) is 3.44. The number of hydrogen-bond acceptors (Lipinski definition) is 7. The molecule has 0 saturated carbocycles. The van der Waals surface area contributed by atoms with Gasteiger partial charge in [0.15, 0.2) is 5.69 Å². The molecule has 0 bridgehead atoms. The molecule has 0 radical (unpaired) electrons. The third kappa shape index (κ3) is 5.76. The van der Waals surface area contributed by atoms with Gasteiger partial charge in [-0.2, -0.15) is 0 Å². The molecule has 1 aromatic carbocycles. The number of pyridine rings is 1. The number of aryl methyl sites for hydroxylation is 2. The van der Waals surface area contributed by atoms with Crippen molar-refractivity contribution in [3.05, 3.63) is 54.0 Å². The minimum Gasteiger partial charge on any atom is -0.464 e. The van der Waals surface area contributed by atoms with Crippen molar-refractivity contribution in [1.82, 2.24) is 14.5 Å². The highest BCUT2D eigenvalue weighted by atomic mass is 16.5. The third-order valence-electron chi connectivity index (χ3n) is 6.33. The molecule has 0 fully saturated rings. The van der Waals surface area contributed by atoms with Gasteiger partial charge in [0.2, 0.25) is 5.91 Å². The molecule has 3 heterocycles. The van der Waals surface area contributed by atoms with E-state index in [9.17, 15) is 14.7 Å². The van der Waals surface area contributed by atoms with Crippen molar-refractivity contribution < 1.29 is 24.2 Å². The van der Waals surface area contributed by atoms with Gasteiger partial charge < -0.3 is 34.8 Å². The van der Waals surface area contributed by atoms with E-state index in [1.54, 1.807) is 10.8 Å². The number of aromatic nitrogens is 3. The second-order valence-corrected chi connectivity index (χ2v) is 8.92. The molecule has 4 rings (SSSR count). The van der Waals surface area contributed by atoms with Crippen molar-refractivity contribution >= 4 is 45.2 Å². The lowest BCUT2D eigenvalue weighted by Crippen LogP contribution is -2.18. The van der Waals surface area contributed by atoms with Crippen LogP contribution in [0.25, 0.3) is 21.9 Å². The van der Waals surface area contributed by atoms with Crippen LogP contribution in [0.3, 0.4) is 0 Å². The molecule has 0 aliphatic carbocycles. The van der Waals surface area contributed by atoms with Gasteiger partial charge in [-0.25, -0.2) is 9.78 Å². The van der Waals surface area contributed by atoms with Gasteiger partial charge in [-0.1, -0.05) is 18.2 Å². The first-order chi connectivity index (χ1) is 18.0. The number of esters is 1. The Morgan fingerprint density at radius 1 is 1.22 bits per heavy atom. The first-order valence-electron chi connectivity index (χ1n) is 12.3. The number of ether oxygens (including phenoxy) is 2. The molecule has 10 nitrogen and oxygen atoms in total. The fourth-order valence-electron chi connectivity index (χ4n) is 4.47. The summed E-state index contributed by atoms with van der Waals surface area (Å²) in [5.41, 5.74) is 4.01. The van der Waals surface area contributed by atoms with Gasteiger partial charge in [0.1, 0.15) is 5.65 Å². The predicted octanol–water partition coefficient (Wildman–Crippen LogP) is 3.70. The van der Waals surface area contributed by atoms with Gasteiger partial charge in [0.05, 0.1) is 37.7 Å². The lowest BCUT2D eigenvalue weighted by Gasteiger charge is -2.14. The maximum atomic E-state index is 13.0. The van der Waals surface area contributed by atoms with E-state index in [1.165, 1.54) is 14.2 Å². The summed E-state index contributed by atoms with van der Waals surface area (Å²) < 4.78 is 12.0. The fraction of sp³-hybridized carbons (Fsp3) is 0.370. The quantitative estimate of drug-likeness (QED) is 0.215. The number of nitrogens with one attached hydrogen (secondary N) is 3. The summed E-state index contributed by atoms with van der Waals surface area (Å²) in [6.07, 6.45) is 5.00. The van der Waals surface area contributed by atoms with Gasteiger partial charge in [-0.15, -0.1) is 0 Å². The van der Waals surface area contributed by atoms with E-state index in [1.807, 2.05) is 37.4 Å². The molecule has 1 atom stereocenters. The summed E-state index contributed by atoms with van der Waals surface area (Å²) in [6, 6.07) is 9.91. The molecular formula is C27H33N5O5. The number of fused-ring (bicyclic) bond motifs is 2. The van der Waals surface area contributed by atoms with Crippen molar-refractivity contribution in [2.45, 2.75) is 38.8 Å². The fourth-order valence-corrected chi connectivity index (χ4v) is 4.47. The Labute approximate surface area is 215 Å². The van der Waals surface area contributed by atoms with Gasteiger partial charge >= 0.3 is 5.97 Å². The van der Waals surface area contributed by atoms with Crippen molar-refractivity contribution in [2.24, 2.45) is 0 Å². The number of benzene rings is 1. The molecule has 1 unspecified atom stereocenters. The van der Waals surface area contributed by atoms with Crippen LogP contribution in [-0.2, 0) is 27.2 Å². The molecule has 4 aromatic rings. The molecule has 0 aliphatic heterocycles. The Morgan fingerprint density at radius 3 is 2.78 bits per heavy atom. The van der Waals surface area contributed by atoms with Crippen molar-refractivity contribution in [3.63, 3.8) is 0 Å². The number of aromatic amines is 1.